The van der Waals surface area contributed by atoms with Crippen molar-refractivity contribution in [2.75, 3.05) is 6.61 Å². The third kappa shape index (κ3) is 5.19. The van der Waals surface area contributed by atoms with Gasteiger partial charge in [0.2, 0.25) is 0 Å². The smallest absolute Gasteiger partial charge is 0.132 e. The SMILES string of the molecule is CCCCCOc1ccc(-c2ccc(-c3ccc(CCC)cc3F)nc2)cc1. The van der Waals surface area contributed by atoms with E-state index in [1.807, 2.05) is 48.5 Å². The Balaban J connectivity index is 1.69. The maximum absolute atomic E-state index is 14.4. The van der Waals surface area contributed by atoms with Gasteiger partial charge in [0.25, 0.3) is 0 Å². The van der Waals surface area contributed by atoms with Crippen LogP contribution in [0.5, 0.6) is 5.75 Å². The first-order valence-electron chi connectivity index (χ1n) is 10.2. The van der Waals surface area contributed by atoms with Crippen LogP contribution in [0.4, 0.5) is 4.39 Å². The van der Waals surface area contributed by atoms with E-state index in [0.717, 1.165) is 48.3 Å². The van der Waals surface area contributed by atoms with Gasteiger partial charge in [0.05, 0.1) is 12.3 Å². The van der Waals surface area contributed by atoms with Crippen LogP contribution in [0, 0.1) is 5.82 Å². The summed E-state index contributed by atoms with van der Waals surface area (Å²) in [5.74, 6) is 0.675. The molecule has 3 rings (SSSR count). The molecular weight excluding hydrogens is 349 g/mol. The minimum Gasteiger partial charge on any atom is -0.494 e. The van der Waals surface area contributed by atoms with Crippen molar-refractivity contribution < 1.29 is 9.13 Å². The summed E-state index contributed by atoms with van der Waals surface area (Å²) in [4.78, 5) is 4.48. The van der Waals surface area contributed by atoms with Gasteiger partial charge < -0.3 is 4.74 Å². The number of unbranched alkanes of at least 4 members (excludes halogenated alkanes) is 2. The van der Waals surface area contributed by atoms with Crippen molar-refractivity contribution in [2.45, 2.75) is 46.0 Å². The zero-order valence-electron chi connectivity index (χ0n) is 16.7. The molecule has 0 saturated heterocycles. The van der Waals surface area contributed by atoms with Crippen LogP contribution < -0.4 is 4.74 Å². The number of ether oxygens (including phenoxy) is 1. The highest BCUT2D eigenvalue weighted by atomic mass is 19.1. The Morgan fingerprint density at radius 1 is 0.857 bits per heavy atom. The van der Waals surface area contributed by atoms with E-state index in [0.29, 0.717) is 11.3 Å². The summed E-state index contributed by atoms with van der Waals surface area (Å²) in [6.07, 6.45) is 7.16. The molecular formula is C25H28FNO. The molecule has 0 atom stereocenters. The number of aromatic nitrogens is 1. The van der Waals surface area contributed by atoms with Gasteiger partial charge in [-0.15, -0.1) is 0 Å². The summed E-state index contributed by atoms with van der Waals surface area (Å²) in [5.41, 5.74) is 4.29. The van der Waals surface area contributed by atoms with E-state index in [1.165, 1.54) is 12.8 Å². The highest BCUT2D eigenvalue weighted by Crippen LogP contribution is 2.26. The molecule has 0 unspecified atom stereocenters. The summed E-state index contributed by atoms with van der Waals surface area (Å²) in [7, 11) is 0. The van der Waals surface area contributed by atoms with Crippen molar-refractivity contribution in [3.8, 4) is 28.1 Å². The van der Waals surface area contributed by atoms with Crippen molar-refractivity contribution >= 4 is 0 Å². The van der Waals surface area contributed by atoms with E-state index in [1.54, 1.807) is 12.3 Å². The van der Waals surface area contributed by atoms with Gasteiger partial charge in [-0.05, 0) is 54.3 Å². The van der Waals surface area contributed by atoms with Crippen LogP contribution in [0.1, 0.15) is 45.1 Å². The number of aryl methyl sites for hydroxylation is 1. The fourth-order valence-electron chi connectivity index (χ4n) is 3.22. The molecule has 0 radical (unpaired) electrons. The van der Waals surface area contributed by atoms with Crippen molar-refractivity contribution in [3.05, 3.63) is 72.2 Å². The van der Waals surface area contributed by atoms with Crippen LogP contribution in [-0.2, 0) is 6.42 Å². The zero-order valence-corrected chi connectivity index (χ0v) is 16.7. The lowest BCUT2D eigenvalue weighted by atomic mass is 10.0. The van der Waals surface area contributed by atoms with E-state index >= 15 is 0 Å². The highest BCUT2D eigenvalue weighted by molar-refractivity contribution is 5.67. The molecule has 0 aliphatic heterocycles. The Hall–Kier alpha value is -2.68. The second-order valence-electron chi connectivity index (χ2n) is 7.08. The average molecular weight is 378 g/mol. The molecule has 3 heteroatoms. The predicted molar refractivity (Wildman–Crippen MR) is 114 cm³/mol. The van der Waals surface area contributed by atoms with Crippen LogP contribution in [0.15, 0.2) is 60.8 Å². The molecule has 146 valence electrons. The number of nitrogens with zero attached hydrogens (tertiary/aromatic N) is 1. The number of hydrogen-bond acceptors (Lipinski definition) is 2. The van der Waals surface area contributed by atoms with Crippen molar-refractivity contribution in [1.82, 2.24) is 4.98 Å². The fraction of sp³-hybridized carbons (Fsp3) is 0.320. The van der Waals surface area contributed by atoms with Crippen molar-refractivity contribution in [3.63, 3.8) is 0 Å². The molecule has 1 aromatic heterocycles. The molecule has 2 nitrogen and oxygen atoms in total. The molecule has 28 heavy (non-hydrogen) atoms. The summed E-state index contributed by atoms with van der Waals surface area (Å²) in [6.45, 7) is 5.03. The van der Waals surface area contributed by atoms with Gasteiger partial charge in [-0.25, -0.2) is 4.39 Å². The minimum absolute atomic E-state index is 0.212. The van der Waals surface area contributed by atoms with E-state index in [2.05, 4.69) is 18.8 Å². The number of rotatable bonds is 9. The number of hydrogen-bond donors (Lipinski definition) is 0. The number of pyridine rings is 1. The Bertz CT molecular complexity index is 872. The van der Waals surface area contributed by atoms with E-state index in [4.69, 9.17) is 4.74 Å². The van der Waals surface area contributed by atoms with Crippen LogP contribution >= 0.6 is 0 Å². The maximum atomic E-state index is 14.4. The fourth-order valence-corrected chi connectivity index (χ4v) is 3.22. The number of benzene rings is 2. The molecule has 1 heterocycles. The molecule has 0 bridgehead atoms. The Morgan fingerprint density at radius 2 is 1.64 bits per heavy atom. The van der Waals surface area contributed by atoms with Crippen molar-refractivity contribution in [1.29, 1.82) is 0 Å². The predicted octanol–water partition coefficient (Wildman–Crippen LogP) is 7.08. The Labute approximate surface area is 167 Å². The summed E-state index contributed by atoms with van der Waals surface area (Å²) < 4.78 is 20.2. The van der Waals surface area contributed by atoms with Gasteiger partial charge in [-0.3, -0.25) is 4.98 Å². The lowest BCUT2D eigenvalue weighted by molar-refractivity contribution is 0.306. The maximum Gasteiger partial charge on any atom is 0.132 e. The summed E-state index contributed by atoms with van der Waals surface area (Å²) in [5, 5.41) is 0. The first-order valence-corrected chi connectivity index (χ1v) is 10.2. The third-order valence-electron chi connectivity index (χ3n) is 4.82. The standard InChI is InChI=1S/C25H28FNO/c1-3-5-6-16-28-22-12-9-20(10-13-22)21-11-15-25(27-18-21)23-14-8-19(7-4-2)17-24(23)26/h8-15,17-18H,3-7,16H2,1-2H3. The zero-order chi connectivity index (χ0) is 19.8. The largest absolute Gasteiger partial charge is 0.494 e. The van der Waals surface area contributed by atoms with Gasteiger partial charge in [-0.1, -0.05) is 57.4 Å². The minimum atomic E-state index is -0.212. The Kier molecular flexibility index (Phi) is 7.18. The molecule has 0 amide bonds. The lowest BCUT2D eigenvalue weighted by Gasteiger charge is -2.08. The highest BCUT2D eigenvalue weighted by Gasteiger charge is 2.08. The molecule has 0 N–H and O–H groups in total. The second-order valence-corrected chi connectivity index (χ2v) is 7.08. The molecule has 0 aliphatic rings. The van der Waals surface area contributed by atoms with Crippen LogP contribution in [0.2, 0.25) is 0 Å². The summed E-state index contributed by atoms with van der Waals surface area (Å²) >= 11 is 0. The van der Waals surface area contributed by atoms with E-state index < -0.39 is 0 Å². The van der Waals surface area contributed by atoms with Crippen molar-refractivity contribution in [2.24, 2.45) is 0 Å². The van der Waals surface area contributed by atoms with Gasteiger partial charge in [0, 0.05) is 17.3 Å². The molecule has 0 fully saturated rings. The van der Waals surface area contributed by atoms with E-state index in [-0.39, 0.29) is 5.82 Å². The monoisotopic (exact) mass is 377 g/mol. The number of halogens is 1. The summed E-state index contributed by atoms with van der Waals surface area (Å²) in [6, 6.07) is 17.3. The van der Waals surface area contributed by atoms with Gasteiger partial charge in [-0.2, -0.15) is 0 Å². The first-order chi connectivity index (χ1) is 13.7. The molecule has 0 saturated carbocycles. The molecule has 2 aromatic carbocycles. The topological polar surface area (TPSA) is 22.1 Å². The normalized spacial score (nSPS) is 10.8. The lowest BCUT2D eigenvalue weighted by Crippen LogP contribution is -1.96. The van der Waals surface area contributed by atoms with Crippen LogP contribution in [-0.4, -0.2) is 11.6 Å². The molecule has 0 aliphatic carbocycles. The first kappa shape index (κ1) is 20.1. The second kappa shape index (κ2) is 10.0. The average Bonchev–Trinajstić information content (AvgIpc) is 2.72. The molecule has 0 spiro atoms. The van der Waals surface area contributed by atoms with Crippen LogP contribution in [0.3, 0.4) is 0 Å². The third-order valence-corrected chi connectivity index (χ3v) is 4.82. The molecule has 3 aromatic rings. The van der Waals surface area contributed by atoms with E-state index in [9.17, 15) is 4.39 Å². The van der Waals surface area contributed by atoms with Gasteiger partial charge >= 0.3 is 0 Å². The Morgan fingerprint density at radius 3 is 2.29 bits per heavy atom. The quantitative estimate of drug-likeness (QED) is 0.372. The van der Waals surface area contributed by atoms with Crippen LogP contribution in [0.25, 0.3) is 22.4 Å². The van der Waals surface area contributed by atoms with Gasteiger partial charge in [0.1, 0.15) is 11.6 Å². The van der Waals surface area contributed by atoms with Gasteiger partial charge in [0.15, 0.2) is 0 Å².